The topological polar surface area (TPSA) is 90.1 Å². The Hall–Kier alpha value is -2.70. The number of rotatable bonds is 6. The second-order valence-corrected chi connectivity index (χ2v) is 8.52. The van der Waals surface area contributed by atoms with Crippen molar-refractivity contribution in [1.29, 1.82) is 0 Å². The van der Waals surface area contributed by atoms with Crippen molar-refractivity contribution in [3.05, 3.63) is 53.2 Å². The molecule has 1 aromatic carbocycles. The summed E-state index contributed by atoms with van der Waals surface area (Å²) in [5.41, 5.74) is 9.49. The van der Waals surface area contributed by atoms with Gasteiger partial charge in [-0.3, -0.25) is 9.78 Å². The van der Waals surface area contributed by atoms with Crippen molar-refractivity contribution in [1.82, 2.24) is 15.3 Å². The quantitative estimate of drug-likeness (QED) is 0.595. The van der Waals surface area contributed by atoms with Gasteiger partial charge in [0.15, 0.2) is 0 Å². The molecule has 31 heavy (non-hydrogen) atoms. The molecular weight excluding hydrogens is 412 g/mol. The molecule has 7 heteroatoms. The van der Waals surface area contributed by atoms with E-state index in [1.165, 1.54) is 0 Å². The number of aromatic nitrogens is 2. The Bertz CT molecular complexity index is 1080. The summed E-state index contributed by atoms with van der Waals surface area (Å²) in [7, 11) is 0. The van der Waals surface area contributed by atoms with E-state index in [0.29, 0.717) is 23.8 Å². The Morgan fingerprint density at radius 1 is 1.32 bits per heavy atom. The van der Waals surface area contributed by atoms with E-state index < -0.39 is 0 Å². The minimum absolute atomic E-state index is 0.00249. The van der Waals surface area contributed by atoms with E-state index in [1.807, 2.05) is 37.3 Å². The number of halogens is 1. The van der Waals surface area contributed by atoms with Gasteiger partial charge < -0.3 is 15.8 Å². The van der Waals surface area contributed by atoms with Gasteiger partial charge in [0.05, 0.1) is 22.3 Å². The lowest BCUT2D eigenvalue weighted by Crippen LogP contribution is -2.38. The molecule has 3 aromatic rings. The van der Waals surface area contributed by atoms with Gasteiger partial charge in [0.1, 0.15) is 5.82 Å². The van der Waals surface area contributed by atoms with E-state index in [1.54, 1.807) is 12.3 Å². The van der Waals surface area contributed by atoms with Gasteiger partial charge in [-0.05, 0) is 61.6 Å². The molecule has 3 N–H and O–H groups in total. The smallest absolute Gasteiger partial charge is 0.223 e. The molecule has 2 atom stereocenters. The average Bonchev–Trinajstić information content (AvgIpc) is 2.78. The SMILES string of the molecule is CC(Cc1cc2cc(-c3ncccc3Cl)ccc2nc1N)C(=O)NCC1CCCCO1. The van der Waals surface area contributed by atoms with E-state index in [-0.39, 0.29) is 17.9 Å². The van der Waals surface area contributed by atoms with Crippen LogP contribution in [0.1, 0.15) is 31.7 Å². The summed E-state index contributed by atoms with van der Waals surface area (Å²) in [5.74, 6) is 0.229. The highest BCUT2D eigenvalue weighted by molar-refractivity contribution is 6.33. The van der Waals surface area contributed by atoms with Crippen LogP contribution < -0.4 is 11.1 Å². The van der Waals surface area contributed by atoms with Crippen LogP contribution >= 0.6 is 11.6 Å². The molecule has 2 aromatic heterocycles. The molecule has 1 aliphatic heterocycles. The third-order valence-electron chi connectivity index (χ3n) is 5.71. The predicted molar refractivity (Wildman–Crippen MR) is 124 cm³/mol. The number of nitrogens with zero attached hydrogens (tertiary/aromatic N) is 2. The molecule has 162 valence electrons. The Balaban J connectivity index is 1.49. The van der Waals surface area contributed by atoms with Crippen molar-refractivity contribution >= 4 is 34.2 Å². The highest BCUT2D eigenvalue weighted by Crippen LogP contribution is 2.29. The molecule has 0 spiro atoms. The molecular formula is C24H27ClN4O2. The van der Waals surface area contributed by atoms with Crippen LogP contribution in [0.3, 0.4) is 0 Å². The summed E-state index contributed by atoms with van der Waals surface area (Å²) in [6.45, 7) is 3.24. The van der Waals surface area contributed by atoms with Gasteiger partial charge in [-0.25, -0.2) is 4.98 Å². The Morgan fingerprint density at radius 3 is 2.97 bits per heavy atom. The Morgan fingerprint density at radius 2 is 2.19 bits per heavy atom. The summed E-state index contributed by atoms with van der Waals surface area (Å²) < 4.78 is 5.69. The highest BCUT2D eigenvalue weighted by atomic mass is 35.5. The molecule has 6 nitrogen and oxygen atoms in total. The highest BCUT2D eigenvalue weighted by Gasteiger charge is 2.19. The van der Waals surface area contributed by atoms with E-state index in [0.717, 1.165) is 53.6 Å². The van der Waals surface area contributed by atoms with Gasteiger partial charge in [0, 0.05) is 36.2 Å². The first-order chi connectivity index (χ1) is 15.0. The zero-order chi connectivity index (χ0) is 21.8. The summed E-state index contributed by atoms with van der Waals surface area (Å²) >= 11 is 6.30. The normalized spacial score (nSPS) is 17.4. The van der Waals surface area contributed by atoms with Gasteiger partial charge in [-0.15, -0.1) is 0 Å². The maximum atomic E-state index is 12.6. The number of hydrogen-bond donors (Lipinski definition) is 2. The van der Waals surface area contributed by atoms with Crippen LogP contribution in [0, 0.1) is 5.92 Å². The van der Waals surface area contributed by atoms with Crippen molar-refractivity contribution in [2.24, 2.45) is 5.92 Å². The number of nitrogens with one attached hydrogen (secondary N) is 1. The number of carbonyl (C=O) groups excluding carboxylic acids is 1. The molecule has 3 heterocycles. The zero-order valence-electron chi connectivity index (χ0n) is 17.6. The number of nitrogen functional groups attached to an aromatic ring is 1. The van der Waals surface area contributed by atoms with E-state index in [9.17, 15) is 4.79 Å². The maximum absolute atomic E-state index is 12.6. The lowest BCUT2D eigenvalue weighted by atomic mass is 9.98. The van der Waals surface area contributed by atoms with Gasteiger partial charge in [-0.1, -0.05) is 24.6 Å². The minimum Gasteiger partial charge on any atom is -0.383 e. The first-order valence-corrected chi connectivity index (χ1v) is 11.1. The lowest BCUT2D eigenvalue weighted by Gasteiger charge is -2.23. The Labute approximate surface area is 187 Å². The fourth-order valence-electron chi connectivity index (χ4n) is 3.92. The van der Waals surface area contributed by atoms with E-state index in [4.69, 9.17) is 22.1 Å². The fraction of sp³-hybridized carbons (Fsp3) is 0.375. The van der Waals surface area contributed by atoms with Crippen LogP contribution in [0.4, 0.5) is 5.82 Å². The molecule has 1 aliphatic rings. The monoisotopic (exact) mass is 438 g/mol. The predicted octanol–water partition coefficient (Wildman–Crippen LogP) is 4.40. The van der Waals surface area contributed by atoms with Crippen molar-refractivity contribution in [3.8, 4) is 11.3 Å². The molecule has 0 aliphatic carbocycles. The molecule has 0 bridgehead atoms. The number of pyridine rings is 2. The van der Waals surface area contributed by atoms with Gasteiger partial charge in [0.25, 0.3) is 0 Å². The standard InChI is InChI=1S/C24H27ClN4O2/c1-15(24(30)28-14-19-5-2-3-10-31-19)11-18-13-17-12-16(7-8-21(17)29-23(18)26)22-20(25)6-4-9-27-22/h4,6-9,12-13,15,19H,2-3,5,10-11,14H2,1H3,(H2,26,29)(H,28,30). The number of carbonyl (C=O) groups is 1. The van der Waals surface area contributed by atoms with Crippen molar-refractivity contribution in [3.63, 3.8) is 0 Å². The molecule has 4 rings (SSSR count). The van der Waals surface area contributed by atoms with Crippen LogP contribution in [0.2, 0.25) is 5.02 Å². The number of hydrogen-bond acceptors (Lipinski definition) is 5. The van der Waals surface area contributed by atoms with Crippen molar-refractivity contribution in [2.45, 2.75) is 38.7 Å². The fourth-order valence-corrected chi connectivity index (χ4v) is 4.15. The second-order valence-electron chi connectivity index (χ2n) is 8.11. The number of ether oxygens (including phenoxy) is 1. The first kappa shape index (κ1) is 21.5. The van der Waals surface area contributed by atoms with Gasteiger partial charge >= 0.3 is 0 Å². The first-order valence-electron chi connectivity index (χ1n) is 10.7. The van der Waals surface area contributed by atoms with E-state index >= 15 is 0 Å². The molecule has 1 saturated heterocycles. The Kier molecular flexibility index (Phi) is 6.68. The van der Waals surface area contributed by atoms with Gasteiger partial charge in [-0.2, -0.15) is 0 Å². The zero-order valence-corrected chi connectivity index (χ0v) is 18.4. The molecule has 1 fully saturated rings. The second kappa shape index (κ2) is 9.62. The number of amides is 1. The van der Waals surface area contributed by atoms with Crippen LogP contribution in [0.15, 0.2) is 42.6 Å². The van der Waals surface area contributed by atoms with Gasteiger partial charge in [0.2, 0.25) is 5.91 Å². The summed E-state index contributed by atoms with van der Waals surface area (Å²) in [6.07, 6.45) is 5.61. The van der Waals surface area contributed by atoms with Crippen LogP contribution in [-0.2, 0) is 16.0 Å². The summed E-state index contributed by atoms with van der Waals surface area (Å²) in [6, 6.07) is 11.5. The maximum Gasteiger partial charge on any atom is 0.223 e. The number of fused-ring (bicyclic) bond motifs is 1. The van der Waals surface area contributed by atoms with Crippen LogP contribution in [0.25, 0.3) is 22.2 Å². The summed E-state index contributed by atoms with van der Waals surface area (Å²) in [4.78, 5) is 21.5. The molecule has 0 radical (unpaired) electrons. The molecule has 0 saturated carbocycles. The number of nitrogens with two attached hydrogens (primary N) is 1. The van der Waals surface area contributed by atoms with Crippen molar-refractivity contribution < 1.29 is 9.53 Å². The lowest BCUT2D eigenvalue weighted by molar-refractivity contribution is -0.125. The van der Waals surface area contributed by atoms with Crippen LogP contribution in [0.5, 0.6) is 0 Å². The molecule has 2 unspecified atom stereocenters. The number of benzene rings is 1. The van der Waals surface area contributed by atoms with Crippen LogP contribution in [-0.4, -0.2) is 35.1 Å². The third kappa shape index (κ3) is 5.14. The average molecular weight is 439 g/mol. The summed E-state index contributed by atoms with van der Waals surface area (Å²) in [5, 5.41) is 4.55. The third-order valence-corrected chi connectivity index (χ3v) is 6.02. The number of anilines is 1. The van der Waals surface area contributed by atoms with E-state index in [2.05, 4.69) is 15.3 Å². The minimum atomic E-state index is -0.224. The van der Waals surface area contributed by atoms with Crippen molar-refractivity contribution in [2.75, 3.05) is 18.9 Å². The largest absolute Gasteiger partial charge is 0.383 e. The molecule has 1 amide bonds.